The second-order valence-corrected chi connectivity index (χ2v) is 6.58. The number of nitrogens with one attached hydrogen (secondary N) is 3. The first kappa shape index (κ1) is 18.6. The largest absolute Gasteiger partial charge is 0.354 e. The number of carbonyl (C=O) groups excluding carboxylic acids is 3. The van der Waals surface area contributed by atoms with Gasteiger partial charge in [-0.05, 0) is 30.5 Å². The number of carbonyl (C=O) groups is 3. The Kier molecular flexibility index (Phi) is 6.20. The van der Waals surface area contributed by atoms with Crippen LogP contribution in [0.1, 0.15) is 28.8 Å². The summed E-state index contributed by atoms with van der Waals surface area (Å²) in [6, 6.07) is 16.9. The summed E-state index contributed by atoms with van der Waals surface area (Å²) in [6.45, 7) is 0.628. The fourth-order valence-corrected chi connectivity index (χ4v) is 3.07. The Morgan fingerprint density at radius 1 is 1.04 bits per heavy atom. The Bertz CT molecular complexity index is 793. The summed E-state index contributed by atoms with van der Waals surface area (Å²) in [5.41, 5.74) is 1.41. The van der Waals surface area contributed by atoms with Crippen molar-refractivity contribution in [1.29, 1.82) is 0 Å². The van der Waals surface area contributed by atoms with Crippen molar-refractivity contribution in [3.8, 4) is 0 Å². The van der Waals surface area contributed by atoms with E-state index < -0.39 is 12.1 Å². The summed E-state index contributed by atoms with van der Waals surface area (Å²) in [6.07, 6.45) is 1.76. The first-order valence-electron chi connectivity index (χ1n) is 9.11. The lowest BCUT2D eigenvalue weighted by Gasteiger charge is -2.26. The fourth-order valence-electron chi connectivity index (χ4n) is 3.07. The van der Waals surface area contributed by atoms with E-state index in [0.29, 0.717) is 24.9 Å². The Balaban J connectivity index is 1.73. The van der Waals surface area contributed by atoms with Crippen LogP contribution < -0.4 is 16.0 Å². The van der Waals surface area contributed by atoms with Crippen LogP contribution >= 0.6 is 0 Å². The highest BCUT2D eigenvalue weighted by Gasteiger charge is 2.28. The van der Waals surface area contributed by atoms with Gasteiger partial charge in [0.2, 0.25) is 11.8 Å². The highest BCUT2D eigenvalue weighted by Crippen LogP contribution is 2.08. The Morgan fingerprint density at radius 3 is 2.37 bits per heavy atom. The van der Waals surface area contributed by atoms with Crippen LogP contribution in [0.3, 0.4) is 0 Å². The van der Waals surface area contributed by atoms with E-state index in [4.69, 9.17) is 0 Å². The van der Waals surface area contributed by atoms with Gasteiger partial charge >= 0.3 is 0 Å². The molecule has 3 amide bonds. The van der Waals surface area contributed by atoms with Gasteiger partial charge in [0.25, 0.3) is 5.91 Å². The molecule has 0 aliphatic carbocycles. The third kappa shape index (κ3) is 5.17. The average Bonchev–Trinajstić information content (AvgIpc) is 2.70. The van der Waals surface area contributed by atoms with Crippen LogP contribution in [0.15, 0.2) is 60.7 Å². The smallest absolute Gasteiger partial charge is 0.251 e. The molecule has 3 rings (SSSR count). The molecule has 0 spiro atoms. The first-order valence-corrected chi connectivity index (χ1v) is 9.11. The number of amides is 3. The van der Waals surface area contributed by atoms with Crippen LogP contribution in [-0.4, -0.2) is 36.3 Å². The zero-order valence-corrected chi connectivity index (χ0v) is 15.0. The van der Waals surface area contributed by atoms with Crippen molar-refractivity contribution >= 4 is 17.7 Å². The molecular weight excluding hydrogens is 342 g/mol. The second-order valence-electron chi connectivity index (χ2n) is 6.58. The van der Waals surface area contributed by atoms with Gasteiger partial charge in [0.15, 0.2) is 0 Å². The minimum absolute atomic E-state index is 0.178. The molecule has 0 saturated carbocycles. The molecule has 27 heavy (non-hydrogen) atoms. The molecule has 2 aromatic carbocycles. The van der Waals surface area contributed by atoms with Crippen molar-refractivity contribution in [2.24, 2.45) is 0 Å². The molecule has 3 N–H and O–H groups in total. The highest BCUT2D eigenvalue weighted by atomic mass is 16.2. The van der Waals surface area contributed by atoms with Crippen LogP contribution in [0, 0.1) is 0 Å². The van der Waals surface area contributed by atoms with E-state index in [1.54, 1.807) is 24.3 Å². The summed E-state index contributed by atoms with van der Waals surface area (Å²) < 4.78 is 0. The lowest BCUT2D eigenvalue weighted by Crippen LogP contribution is -2.56. The van der Waals surface area contributed by atoms with Gasteiger partial charge in [0.1, 0.15) is 12.1 Å². The van der Waals surface area contributed by atoms with Crippen molar-refractivity contribution in [2.45, 2.75) is 31.3 Å². The molecule has 1 fully saturated rings. The Labute approximate surface area is 158 Å². The third-order valence-corrected chi connectivity index (χ3v) is 4.54. The Hall–Kier alpha value is -3.15. The van der Waals surface area contributed by atoms with Crippen molar-refractivity contribution in [3.05, 3.63) is 71.8 Å². The maximum absolute atomic E-state index is 12.8. The quantitative estimate of drug-likeness (QED) is 0.724. The van der Waals surface area contributed by atoms with E-state index in [2.05, 4.69) is 16.0 Å². The highest BCUT2D eigenvalue weighted by molar-refractivity contribution is 5.98. The minimum atomic E-state index is -0.769. The van der Waals surface area contributed by atoms with Gasteiger partial charge < -0.3 is 16.0 Å². The first-order chi connectivity index (χ1) is 13.1. The van der Waals surface area contributed by atoms with E-state index in [9.17, 15) is 14.4 Å². The zero-order valence-electron chi connectivity index (χ0n) is 15.0. The number of hydrogen-bond donors (Lipinski definition) is 3. The van der Waals surface area contributed by atoms with Crippen molar-refractivity contribution in [3.63, 3.8) is 0 Å². The number of rotatable bonds is 6. The van der Waals surface area contributed by atoms with Crippen LogP contribution in [0.5, 0.6) is 0 Å². The molecule has 6 nitrogen and oxygen atoms in total. The third-order valence-electron chi connectivity index (χ3n) is 4.54. The van der Waals surface area contributed by atoms with Crippen LogP contribution in [0.2, 0.25) is 0 Å². The molecular formula is C21H23N3O3. The molecule has 6 heteroatoms. The van der Waals surface area contributed by atoms with E-state index in [1.807, 2.05) is 36.4 Å². The average molecular weight is 365 g/mol. The summed E-state index contributed by atoms with van der Waals surface area (Å²) in [4.78, 5) is 37.3. The summed E-state index contributed by atoms with van der Waals surface area (Å²) in [5, 5.41) is 8.34. The van der Waals surface area contributed by atoms with Crippen molar-refractivity contribution in [1.82, 2.24) is 16.0 Å². The van der Waals surface area contributed by atoms with Crippen molar-refractivity contribution < 1.29 is 14.4 Å². The van der Waals surface area contributed by atoms with E-state index >= 15 is 0 Å². The summed E-state index contributed by atoms with van der Waals surface area (Å²) >= 11 is 0. The predicted molar refractivity (Wildman–Crippen MR) is 102 cm³/mol. The maximum Gasteiger partial charge on any atom is 0.251 e. The monoisotopic (exact) mass is 365 g/mol. The molecule has 1 saturated heterocycles. The molecule has 1 aliphatic rings. The van der Waals surface area contributed by atoms with Gasteiger partial charge in [-0.15, -0.1) is 0 Å². The lowest BCUT2D eigenvalue weighted by molar-refractivity contribution is -0.130. The second kappa shape index (κ2) is 8.98. The standard InChI is InChI=1S/C21H23N3O3/c25-19(16-10-5-2-6-11-16)24-18(14-15-8-3-1-4-9-15)21(27)23-17-12-7-13-22-20(17)26/h1-6,8-11,17-18H,7,12-14H2,(H,22,26)(H,23,27)(H,24,25)/t17-,18-/m0/s1. The number of piperidine rings is 1. The fraction of sp³-hybridized carbons (Fsp3) is 0.286. The number of hydrogen-bond acceptors (Lipinski definition) is 3. The van der Waals surface area contributed by atoms with Crippen LogP contribution in [-0.2, 0) is 16.0 Å². The molecule has 0 bridgehead atoms. The summed E-state index contributed by atoms with van der Waals surface area (Å²) in [7, 11) is 0. The topological polar surface area (TPSA) is 87.3 Å². The van der Waals surface area contributed by atoms with Gasteiger partial charge in [-0.2, -0.15) is 0 Å². The number of benzene rings is 2. The molecule has 140 valence electrons. The molecule has 1 heterocycles. The van der Waals surface area contributed by atoms with Gasteiger partial charge in [-0.25, -0.2) is 0 Å². The van der Waals surface area contributed by atoms with E-state index in [0.717, 1.165) is 12.0 Å². The van der Waals surface area contributed by atoms with Gasteiger partial charge in [-0.1, -0.05) is 48.5 Å². The predicted octanol–water partition coefficient (Wildman–Crippen LogP) is 1.42. The maximum atomic E-state index is 12.8. The molecule has 0 unspecified atom stereocenters. The normalized spacial score (nSPS) is 17.5. The van der Waals surface area contributed by atoms with Crippen LogP contribution in [0.25, 0.3) is 0 Å². The Morgan fingerprint density at radius 2 is 1.70 bits per heavy atom. The molecule has 0 radical (unpaired) electrons. The van der Waals surface area contributed by atoms with E-state index in [-0.39, 0.29) is 17.7 Å². The molecule has 1 aliphatic heterocycles. The van der Waals surface area contributed by atoms with Gasteiger partial charge in [-0.3, -0.25) is 14.4 Å². The molecule has 2 atom stereocenters. The molecule has 0 aromatic heterocycles. The SMILES string of the molecule is O=C(N[C@@H](Cc1ccccc1)C(=O)N[C@H]1CCCNC1=O)c1ccccc1. The van der Waals surface area contributed by atoms with E-state index in [1.165, 1.54) is 0 Å². The van der Waals surface area contributed by atoms with Gasteiger partial charge in [0, 0.05) is 18.5 Å². The van der Waals surface area contributed by atoms with Gasteiger partial charge in [0.05, 0.1) is 0 Å². The lowest BCUT2D eigenvalue weighted by atomic mass is 10.0. The van der Waals surface area contributed by atoms with Crippen molar-refractivity contribution in [2.75, 3.05) is 6.54 Å². The summed E-state index contributed by atoms with van der Waals surface area (Å²) in [5.74, 6) is -0.854. The molecule has 2 aromatic rings. The zero-order chi connectivity index (χ0) is 19.1. The minimum Gasteiger partial charge on any atom is -0.354 e. The van der Waals surface area contributed by atoms with Crippen LogP contribution in [0.4, 0.5) is 0 Å².